The van der Waals surface area contributed by atoms with Crippen molar-refractivity contribution in [3.05, 3.63) is 34.4 Å². The molecular weight excluding hydrogens is 358 g/mol. The first-order chi connectivity index (χ1) is 12.9. The third kappa shape index (κ3) is 6.51. The highest BCUT2D eigenvalue weighted by Gasteiger charge is 2.49. The van der Waals surface area contributed by atoms with E-state index >= 15 is 0 Å². The number of hydrogen-bond donors (Lipinski definition) is 2. The maximum Gasteiger partial charge on any atom is 0.513 e. The van der Waals surface area contributed by atoms with Gasteiger partial charge in [0.2, 0.25) is 0 Å². The van der Waals surface area contributed by atoms with Gasteiger partial charge in [0, 0.05) is 25.0 Å². The Labute approximate surface area is 155 Å². The van der Waals surface area contributed by atoms with Crippen LogP contribution < -0.4 is 4.74 Å². The number of nitro groups is 1. The first-order valence-electron chi connectivity index (χ1n) is 8.35. The van der Waals surface area contributed by atoms with E-state index in [1.807, 2.05) is 0 Å². The molecule has 3 rings (SSSR count). The molecule has 0 heterocycles. The molecule has 1 fully saturated rings. The molecule has 0 aromatic heterocycles. The van der Waals surface area contributed by atoms with Crippen molar-refractivity contribution in [1.82, 2.24) is 0 Å². The molecule has 1 aromatic rings. The second-order valence-electron chi connectivity index (χ2n) is 6.12. The largest absolute Gasteiger partial charge is 0.513 e. The topological polar surface area (TPSA) is 136 Å². The molecule has 27 heavy (non-hydrogen) atoms. The van der Waals surface area contributed by atoms with Crippen molar-refractivity contribution in [3.63, 3.8) is 0 Å². The molecule has 0 amide bonds. The first kappa shape index (κ1) is 20.0. The second-order valence-corrected chi connectivity index (χ2v) is 6.12. The van der Waals surface area contributed by atoms with Crippen LogP contribution in [0.2, 0.25) is 0 Å². The number of fused-ring (bicyclic) bond motifs is 1. The van der Waals surface area contributed by atoms with Crippen LogP contribution in [0.4, 0.5) is 15.3 Å². The smallest absolute Gasteiger partial charge is 0.450 e. The normalized spacial score (nSPS) is 22.1. The van der Waals surface area contributed by atoms with E-state index in [2.05, 4.69) is 11.8 Å². The molecule has 0 aliphatic heterocycles. The minimum atomic E-state index is -1.83. The van der Waals surface area contributed by atoms with Crippen LogP contribution in [0, 0.1) is 39.7 Å². The highest BCUT2D eigenvalue weighted by atomic mass is 16.7. The molecule has 1 unspecified atom stereocenters. The molecule has 0 spiro atoms. The van der Waals surface area contributed by atoms with Crippen LogP contribution in [0.1, 0.15) is 25.7 Å². The van der Waals surface area contributed by atoms with Gasteiger partial charge in [-0.3, -0.25) is 10.1 Å². The van der Waals surface area contributed by atoms with Gasteiger partial charge in [-0.25, -0.2) is 9.59 Å². The third-order valence-corrected chi connectivity index (χ3v) is 4.48. The molecule has 2 N–H and O–H groups in total. The van der Waals surface area contributed by atoms with Gasteiger partial charge < -0.3 is 19.7 Å². The molecular formula is C18H19NO8. The van der Waals surface area contributed by atoms with E-state index in [0.29, 0.717) is 24.4 Å². The standard InChI is InChI=1S/C17H17NO5.CH2O3/c19-17(23-13-9-7-12(8-10-13)18(20)21)22-11-16-14-5-3-1-2-4-6-15(14)16;2-1(3)4/h7-10,14-16H,3-6,11H2;(H2,2,3,4)/t14-,15+,16?;. The molecule has 1 saturated carbocycles. The van der Waals surface area contributed by atoms with Gasteiger partial charge in [0.05, 0.1) is 11.5 Å². The number of carbonyl (C=O) groups is 2. The van der Waals surface area contributed by atoms with E-state index in [4.69, 9.17) is 24.5 Å². The van der Waals surface area contributed by atoms with E-state index in [-0.39, 0.29) is 11.4 Å². The summed E-state index contributed by atoms with van der Waals surface area (Å²) >= 11 is 0. The van der Waals surface area contributed by atoms with E-state index in [0.717, 1.165) is 25.7 Å². The average Bonchev–Trinajstić information content (AvgIpc) is 3.22. The number of carboxylic acid groups (broad SMARTS) is 2. The molecule has 3 atom stereocenters. The molecule has 144 valence electrons. The van der Waals surface area contributed by atoms with Crippen LogP contribution in [0.25, 0.3) is 0 Å². The van der Waals surface area contributed by atoms with Crippen molar-refractivity contribution in [3.8, 4) is 17.6 Å². The number of rotatable bonds is 4. The summed E-state index contributed by atoms with van der Waals surface area (Å²) < 4.78 is 10.2. The van der Waals surface area contributed by atoms with Crippen LogP contribution in [0.15, 0.2) is 24.3 Å². The SMILES string of the molecule is O=C(O)O.O=C(OCC1[C@H]2CCC#CCC[C@@H]12)Oc1ccc([N+](=O)[O-])cc1. The predicted octanol–water partition coefficient (Wildman–Crippen LogP) is 3.77. The zero-order chi connectivity index (χ0) is 19.8. The zero-order valence-corrected chi connectivity index (χ0v) is 14.4. The van der Waals surface area contributed by atoms with Gasteiger partial charge in [0.15, 0.2) is 0 Å². The lowest BCUT2D eigenvalue weighted by molar-refractivity contribution is -0.384. The van der Waals surface area contributed by atoms with E-state index < -0.39 is 17.2 Å². The lowest BCUT2D eigenvalue weighted by Gasteiger charge is -2.05. The Kier molecular flexibility index (Phi) is 7.00. The molecule has 0 radical (unpaired) electrons. The van der Waals surface area contributed by atoms with E-state index in [1.54, 1.807) is 0 Å². The summed E-state index contributed by atoms with van der Waals surface area (Å²) in [7, 11) is 0. The minimum Gasteiger partial charge on any atom is -0.450 e. The minimum absolute atomic E-state index is 0.0536. The Morgan fingerprint density at radius 2 is 1.63 bits per heavy atom. The van der Waals surface area contributed by atoms with Crippen LogP contribution in [0.5, 0.6) is 5.75 Å². The number of carbonyl (C=O) groups excluding carboxylic acids is 1. The van der Waals surface area contributed by atoms with Crippen molar-refractivity contribution in [2.24, 2.45) is 17.8 Å². The Balaban J connectivity index is 0.000000596. The highest BCUT2D eigenvalue weighted by molar-refractivity contribution is 5.64. The molecule has 2 aliphatic rings. The van der Waals surface area contributed by atoms with Crippen LogP contribution >= 0.6 is 0 Å². The average molecular weight is 377 g/mol. The van der Waals surface area contributed by atoms with E-state index in [1.165, 1.54) is 24.3 Å². The van der Waals surface area contributed by atoms with Gasteiger partial charge in [0.1, 0.15) is 5.75 Å². The summed E-state index contributed by atoms with van der Waals surface area (Å²) in [5.74, 6) is 8.14. The predicted molar refractivity (Wildman–Crippen MR) is 92.4 cm³/mol. The number of benzene rings is 1. The lowest BCUT2D eigenvalue weighted by atomic mass is 10.1. The van der Waals surface area contributed by atoms with Gasteiger partial charge in [-0.05, 0) is 42.7 Å². The number of ether oxygens (including phenoxy) is 2. The fraction of sp³-hybridized carbons (Fsp3) is 0.444. The van der Waals surface area contributed by atoms with Crippen molar-refractivity contribution in [2.45, 2.75) is 25.7 Å². The van der Waals surface area contributed by atoms with Gasteiger partial charge in [-0.1, -0.05) is 0 Å². The molecule has 2 aliphatic carbocycles. The van der Waals surface area contributed by atoms with Crippen molar-refractivity contribution in [2.75, 3.05) is 6.61 Å². The molecule has 0 bridgehead atoms. The Morgan fingerprint density at radius 3 is 2.11 bits per heavy atom. The maximum atomic E-state index is 11.7. The van der Waals surface area contributed by atoms with Crippen molar-refractivity contribution >= 4 is 18.0 Å². The highest BCUT2D eigenvalue weighted by Crippen LogP contribution is 2.52. The Bertz CT molecular complexity index is 727. The van der Waals surface area contributed by atoms with Gasteiger partial charge in [-0.2, -0.15) is 0 Å². The summed E-state index contributed by atoms with van der Waals surface area (Å²) in [5, 5.41) is 24.5. The molecule has 9 heteroatoms. The zero-order valence-electron chi connectivity index (χ0n) is 14.4. The fourth-order valence-corrected chi connectivity index (χ4v) is 3.21. The number of nitrogens with zero attached hydrogens (tertiary/aromatic N) is 1. The summed E-state index contributed by atoms with van der Waals surface area (Å²) in [6, 6.07) is 5.32. The van der Waals surface area contributed by atoms with Crippen LogP contribution in [0.3, 0.4) is 0 Å². The monoisotopic (exact) mass is 377 g/mol. The number of non-ortho nitro benzene ring substituents is 1. The summed E-state index contributed by atoms with van der Waals surface area (Å²) in [6.07, 6.45) is 1.39. The van der Waals surface area contributed by atoms with Gasteiger partial charge in [0.25, 0.3) is 5.69 Å². The second kappa shape index (κ2) is 9.43. The van der Waals surface area contributed by atoms with Crippen molar-refractivity contribution < 1.29 is 34.2 Å². The summed E-state index contributed by atoms with van der Waals surface area (Å²) in [4.78, 5) is 30.3. The molecule has 0 saturated heterocycles. The van der Waals surface area contributed by atoms with Crippen LogP contribution in [-0.4, -0.2) is 34.1 Å². The quantitative estimate of drug-likeness (QED) is 0.266. The summed E-state index contributed by atoms with van der Waals surface area (Å²) in [6.45, 7) is 0.362. The fourth-order valence-electron chi connectivity index (χ4n) is 3.21. The Morgan fingerprint density at radius 1 is 1.11 bits per heavy atom. The molecule has 1 aromatic carbocycles. The van der Waals surface area contributed by atoms with E-state index in [9.17, 15) is 14.9 Å². The molecule has 9 nitrogen and oxygen atoms in total. The van der Waals surface area contributed by atoms with Crippen molar-refractivity contribution in [1.29, 1.82) is 0 Å². The lowest BCUT2D eigenvalue weighted by Crippen LogP contribution is -2.13. The van der Waals surface area contributed by atoms with Crippen LogP contribution in [-0.2, 0) is 4.74 Å². The van der Waals surface area contributed by atoms with Gasteiger partial charge in [-0.15, -0.1) is 11.8 Å². The van der Waals surface area contributed by atoms with Gasteiger partial charge >= 0.3 is 12.3 Å². The summed E-state index contributed by atoms with van der Waals surface area (Å²) in [5.41, 5.74) is -0.0536. The third-order valence-electron chi connectivity index (χ3n) is 4.48. The maximum absolute atomic E-state index is 11.7. The first-order valence-corrected chi connectivity index (χ1v) is 8.35. The number of nitro benzene ring substituents is 1. The number of hydrogen-bond acceptors (Lipinski definition) is 6. The Hall–Kier alpha value is -3.28.